The third-order valence-electron chi connectivity index (χ3n) is 6.13. The van der Waals surface area contributed by atoms with Crippen LogP contribution in [-0.4, -0.2) is 59.9 Å². The van der Waals surface area contributed by atoms with Crippen molar-refractivity contribution in [3.63, 3.8) is 0 Å². The van der Waals surface area contributed by atoms with Crippen LogP contribution in [0.25, 0.3) is 0 Å². The lowest BCUT2D eigenvalue weighted by molar-refractivity contribution is -0.145. The topological polar surface area (TPSA) is 166 Å². The number of primary amides is 1. The minimum Gasteiger partial charge on any atom is -0.461 e. The van der Waals surface area contributed by atoms with Crippen LogP contribution in [-0.2, 0) is 40.1 Å². The molecule has 1 aliphatic rings. The van der Waals surface area contributed by atoms with E-state index in [-0.39, 0.29) is 37.5 Å². The number of carbonyl (C=O) groups is 5. The SMILES string of the molecule is CC(=O)N[C@H]1CCCC[C@@H]1O[C@H](C)C(=O)N[C@@H](C)C(=O)N[C@H](CCC(=O)OCc1ccccc1)C(N)=O. The van der Waals surface area contributed by atoms with Crippen LogP contribution in [0, 0.1) is 0 Å². The first-order valence-electron chi connectivity index (χ1n) is 12.6. The summed E-state index contributed by atoms with van der Waals surface area (Å²) in [4.78, 5) is 60.6. The lowest BCUT2D eigenvalue weighted by atomic mass is 9.92. The van der Waals surface area contributed by atoms with Crippen molar-refractivity contribution < 1.29 is 33.4 Å². The smallest absolute Gasteiger partial charge is 0.306 e. The van der Waals surface area contributed by atoms with Crippen molar-refractivity contribution in [2.45, 2.75) is 96.2 Å². The number of hydrogen-bond acceptors (Lipinski definition) is 7. The summed E-state index contributed by atoms with van der Waals surface area (Å²) in [6.45, 7) is 4.58. The first kappa shape index (κ1) is 29.8. The average molecular weight is 519 g/mol. The van der Waals surface area contributed by atoms with Crippen LogP contribution in [0.1, 0.15) is 64.9 Å². The molecule has 1 fully saturated rings. The Morgan fingerprint density at radius 2 is 1.68 bits per heavy atom. The van der Waals surface area contributed by atoms with Crippen LogP contribution in [0.5, 0.6) is 0 Å². The van der Waals surface area contributed by atoms with Crippen molar-refractivity contribution in [1.82, 2.24) is 16.0 Å². The molecule has 1 aliphatic carbocycles. The Morgan fingerprint density at radius 1 is 1.00 bits per heavy atom. The van der Waals surface area contributed by atoms with Crippen molar-refractivity contribution in [2.24, 2.45) is 5.73 Å². The highest BCUT2D eigenvalue weighted by Crippen LogP contribution is 2.22. The van der Waals surface area contributed by atoms with Gasteiger partial charge in [0.25, 0.3) is 0 Å². The highest BCUT2D eigenvalue weighted by molar-refractivity contribution is 5.92. The Bertz CT molecular complexity index is 940. The van der Waals surface area contributed by atoms with Crippen molar-refractivity contribution in [1.29, 1.82) is 0 Å². The fraction of sp³-hybridized carbons (Fsp3) is 0.577. The van der Waals surface area contributed by atoms with Gasteiger partial charge in [0.2, 0.25) is 23.6 Å². The average Bonchev–Trinajstić information content (AvgIpc) is 2.86. The van der Waals surface area contributed by atoms with E-state index in [9.17, 15) is 24.0 Å². The standard InChI is InChI=1S/C26H38N4O7/c1-16(28-26(35)17(2)37-22-12-8-7-11-20(22)29-18(3)31)25(34)30-21(24(27)33)13-14-23(32)36-15-19-9-5-4-6-10-19/h4-6,9-10,16-17,20-22H,7-8,11-15H2,1-3H3,(H2,27,33)(H,28,35)(H,29,31)(H,30,34)/t16-,17+,20-,21+,22-/m0/s1. The van der Waals surface area contributed by atoms with Gasteiger partial charge in [-0.05, 0) is 38.7 Å². The molecule has 0 bridgehead atoms. The molecule has 11 nitrogen and oxygen atoms in total. The van der Waals surface area contributed by atoms with E-state index in [2.05, 4.69) is 16.0 Å². The minimum absolute atomic E-state index is 0.0406. The molecule has 2 rings (SSSR count). The predicted molar refractivity (Wildman–Crippen MR) is 135 cm³/mol. The zero-order valence-electron chi connectivity index (χ0n) is 21.7. The molecule has 5 atom stereocenters. The Balaban J connectivity index is 1.80. The van der Waals surface area contributed by atoms with Crippen molar-refractivity contribution in [2.75, 3.05) is 0 Å². The number of ether oxygens (including phenoxy) is 2. The van der Waals surface area contributed by atoms with E-state index in [1.807, 2.05) is 30.3 Å². The van der Waals surface area contributed by atoms with Gasteiger partial charge in [-0.3, -0.25) is 24.0 Å². The molecule has 0 unspecified atom stereocenters. The lowest BCUT2D eigenvalue weighted by Gasteiger charge is -2.33. The molecule has 1 aromatic rings. The summed E-state index contributed by atoms with van der Waals surface area (Å²) in [5.74, 6) is -2.63. The van der Waals surface area contributed by atoms with Gasteiger partial charge in [-0.25, -0.2) is 0 Å². The second kappa shape index (κ2) is 14.9. The largest absolute Gasteiger partial charge is 0.461 e. The van der Waals surface area contributed by atoms with Gasteiger partial charge in [-0.2, -0.15) is 0 Å². The number of hydrogen-bond donors (Lipinski definition) is 4. The van der Waals surface area contributed by atoms with Crippen molar-refractivity contribution in [3.05, 3.63) is 35.9 Å². The van der Waals surface area contributed by atoms with Gasteiger partial charge in [-0.15, -0.1) is 0 Å². The number of esters is 1. The molecule has 0 radical (unpaired) electrons. The summed E-state index contributed by atoms with van der Waals surface area (Å²) in [5, 5.41) is 7.91. The molecule has 1 saturated carbocycles. The van der Waals surface area contributed by atoms with Crippen molar-refractivity contribution >= 4 is 29.6 Å². The Morgan fingerprint density at radius 3 is 2.32 bits per heavy atom. The second-order valence-electron chi connectivity index (χ2n) is 9.29. The van der Waals surface area contributed by atoms with Crippen LogP contribution in [0.15, 0.2) is 30.3 Å². The summed E-state index contributed by atoms with van der Waals surface area (Å²) in [6, 6.07) is 6.88. The normalized spacial score (nSPS) is 19.5. The van der Waals surface area contributed by atoms with Crippen LogP contribution >= 0.6 is 0 Å². The molecule has 11 heteroatoms. The van der Waals surface area contributed by atoms with E-state index < -0.39 is 41.9 Å². The minimum atomic E-state index is -1.11. The van der Waals surface area contributed by atoms with Gasteiger partial charge in [0.05, 0.1) is 12.1 Å². The van der Waals surface area contributed by atoms with Gasteiger partial charge in [0, 0.05) is 13.3 Å². The molecular formula is C26H38N4O7. The van der Waals surface area contributed by atoms with E-state index >= 15 is 0 Å². The molecular weight excluding hydrogens is 480 g/mol. The third kappa shape index (κ3) is 10.6. The summed E-state index contributed by atoms with van der Waals surface area (Å²) in [5.41, 5.74) is 6.22. The molecule has 5 N–H and O–H groups in total. The summed E-state index contributed by atoms with van der Waals surface area (Å²) >= 11 is 0. The van der Waals surface area contributed by atoms with Gasteiger partial charge >= 0.3 is 5.97 Å². The molecule has 204 valence electrons. The maximum absolute atomic E-state index is 12.6. The number of rotatable bonds is 13. The molecule has 0 aromatic heterocycles. The van der Waals surface area contributed by atoms with Crippen LogP contribution < -0.4 is 21.7 Å². The summed E-state index contributed by atoms with van der Waals surface area (Å²) in [7, 11) is 0. The quantitative estimate of drug-likeness (QED) is 0.281. The molecule has 0 heterocycles. The first-order chi connectivity index (χ1) is 17.6. The van der Waals surface area contributed by atoms with Gasteiger partial charge < -0.3 is 31.2 Å². The van der Waals surface area contributed by atoms with Crippen LogP contribution in [0.2, 0.25) is 0 Å². The summed E-state index contributed by atoms with van der Waals surface area (Å²) < 4.78 is 11.1. The highest BCUT2D eigenvalue weighted by Gasteiger charge is 2.31. The van der Waals surface area contributed by atoms with E-state index in [1.54, 1.807) is 6.92 Å². The number of nitrogens with two attached hydrogens (primary N) is 1. The van der Waals surface area contributed by atoms with Crippen LogP contribution in [0.4, 0.5) is 0 Å². The van der Waals surface area contributed by atoms with Gasteiger partial charge in [0.1, 0.15) is 24.8 Å². The predicted octanol–water partition coefficient (Wildman–Crippen LogP) is 0.837. The maximum atomic E-state index is 12.6. The number of amides is 4. The molecule has 0 spiro atoms. The lowest BCUT2D eigenvalue weighted by Crippen LogP contribution is -2.54. The number of benzene rings is 1. The Labute approximate surface area is 217 Å². The molecule has 4 amide bonds. The van der Waals surface area contributed by atoms with Gasteiger partial charge in [-0.1, -0.05) is 43.2 Å². The number of carbonyl (C=O) groups excluding carboxylic acids is 5. The highest BCUT2D eigenvalue weighted by atomic mass is 16.5. The van der Waals surface area contributed by atoms with E-state index in [4.69, 9.17) is 15.2 Å². The van der Waals surface area contributed by atoms with E-state index in [0.717, 1.165) is 24.8 Å². The monoisotopic (exact) mass is 518 g/mol. The number of nitrogens with one attached hydrogen (secondary N) is 3. The fourth-order valence-electron chi connectivity index (χ4n) is 4.06. The van der Waals surface area contributed by atoms with E-state index in [1.165, 1.54) is 13.8 Å². The fourth-order valence-corrected chi connectivity index (χ4v) is 4.06. The summed E-state index contributed by atoms with van der Waals surface area (Å²) in [6.07, 6.45) is 2.06. The zero-order chi connectivity index (χ0) is 27.4. The molecule has 1 aromatic carbocycles. The molecule has 37 heavy (non-hydrogen) atoms. The zero-order valence-corrected chi connectivity index (χ0v) is 21.7. The van der Waals surface area contributed by atoms with Gasteiger partial charge in [0.15, 0.2) is 0 Å². The third-order valence-corrected chi connectivity index (χ3v) is 6.13. The van der Waals surface area contributed by atoms with Crippen LogP contribution in [0.3, 0.4) is 0 Å². The maximum Gasteiger partial charge on any atom is 0.306 e. The Hall–Kier alpha value is -3.47. The second-order valence-corrected chi connectivity index (χ2v) is 9.29. The Kier molecular flexibility index (Phi) is 12.0. The molecule has 0 aliphatic heterocycles. The first-order valence-corrected chi connectivity index (χ1v) is 12.6. The van der Waals surface area contributed by atoms with Crippen molar-refractivity contribution in [3.8, 4) is 0 Å². The van der Waals surface area contributed by atoms with E-state index in [0.29, 0.717) is 6.42 Å². The molecule has 0 saturated heterocycles.